The highest BCUT2D eigenvalue weighted by Gasteiger charge is 2.38. The number of carbonyl (C=O) groups excluding carboxylic acids is 1. The minimum atomic E-state index is -1.20. The maximum absolute atomic E-state index is 11.8. The lowest BCUT2D eigenvalue weighted by Crippen LogP contribution is -2.54. The number of carbonyl (C=O) groups is 1. The minimum absolute atomic E-state index is 0.0675. The molecular weight excluding hydrogens is 226 g/mol. The van der Waals surface area contributed by atoms with E-state index in [9.17, 15) is 9.90 Å². The molecule has 1 aliphatic heterocycles. The van der Waals surface area contributed by atoms with Crippen molar-refractivity contribution in [1.82, 2.24) is 4.90 Å². The van der Waals surface area contributed by atoms with E-state index in [-0.39, 0.29) is 11.8 Å². The Balaban J connectivity index is 2.07. The summed E-state index contributed by atoms with van der Waals surface area (Å²) in [5.41, 5.74) is -0.0815. The number of benzene rings is 1. The number of β-amino-alcohol motifs (C(OH)–C–C–N with tert-alkyl or cyclic N) is 1. The SMILES string of the molecule is CN1C[C@@](C)(O)C(=O)C[C@@H]1/C=C/c1ccccc1. The maximum Gasteiger partial charge on any atom is 0.167 e. The first-order valence-electron chi connectivity index (χ1n) is 6.18. The van der Waals surface area contributed by atoms with Crippen LogP contribution < -0.4 is 0 Å². The lowest BCUT2D eigenvalue weighted by atomic mass is 9.89. The molecule has 0 saturated carbocycles. The molecule has 96 valence electrons. The van der Waals surface area contributed by atoms with E-state index in [1.165, 1.54) is 0 Å². The molecular formula is C15H19NO2. The van der Waals surface area contributed by atoms with Crippen molar-refractivity contribution in [2.45, 2.75) is 25.0 Å². The number of Topliss-reactive ketones (excluding diaryl/α,β-unsaturated/α-hetero) is 1. The lowest BCUT2D eigenvalue weighted by molar-refractivity contribution is -0.143. The zero-order valence-corrected chi connectivity index (χ0v) is 10.8. The lowest BCUT2D eigenvalue weighted by Gasteiger charge is -2.38. The van der Waals surface area contributed by atoms with Crippen molar-refractivity contribution in [1.29, 1.82) is 0 Å². The van der Waals surface area contributed by atoms with E-state index >= 15 is 0 Å². The molecule has 2 atom stereocenters. The van der Waals surface area contributed by atoms with Crippen LogP contribution in [-0.2, 0) is 4.79 Å². The van der Waals surface area contributed by atoms with Crippen LogP contribution in [0.3, 0.4) is 0 Å². The number of aliphatic hydroxyl groups is 1. The summed E-state index contributed by atoms with van der Waals surface area (Å²) in [7, 11) is 1.93. The molecule has 3 heteroatoms. The van der Waals surface area contributed by atoms with Crippen LogP contribution in [0.1, 0.15) is 18.9 Å². The molecule has 0 aromatic heterocycles. The molecule has 1 N–H and O–H groups in total. The number of likely N-dealkylation sites (tertiary alicyclic amines) is 1. The average molecular weight is 245 g/mol. The molecule has 18 heavy (non-hydrogen) atoms. The number of ketones is 1. The topological polar surface area (TPSA) is 40.5 Å². The zero-order chi connectivity index (χ0) is 13.2. The summed E-state index contributed by atoms with van der Waals surface area (Å²) in [6.07, 6.45) is 4.42. The molecule has 0 spiro atoms. The number of nitrogens with zero attached hydrogens (tertiary/aromatic N) is 1. The second kappa shape index (κ2) is 5.04. The fourth-order valence-electron chi connectivity index (χ4n) is 2.26. The molecule has 1 aliphatic rings. The number of piperidine rings is 1. The molecule has 0 radical (unpaired) electrons. The molecule has 1 heterocycles. The van der Waals surface area contributed by atoms with Crippen LogP contribution >= 0.6 is 0 Å². The first kappa shape index (κ1) is 13.0. The number of hydrogen-bond acceptors (Lipinski definition) is 3. The van der Waals surface area contributed by atoms with Gasteiger partial charge in [-0.1, -0.05) is 42.5 Å². The van der Waals surface area contributed by atoms with Crippen molar-refractivity contribution in [3.8, 4) is 0 Å². The van der Waals surface area contributed by atoms with Crippen molar-refractivity contribution in [3.63, 3.8) is 0 Å². The summed E-state index contributed by atoms with van der Waals surface area (Å²) < 4.78 is 0. The van der Waals surface area contributed by atoms with Gasteiger partial charge >= 0.3 is 0 Å². The third kappa shape index (κ3) is 2.86. The van der Waals surface area contributed by atoms with E-state index in [2.05, 4.69) is 0 Å². The molecule has 0 bridgehead atoms. The van der Waals surface area contributed by atoms with Crippen molar-refractivity contribution in [3.05, 3.63) is 42.0 Å². The van der Waals surface area contributed by atoms with Gasteiger partial charge in [0.1, 0.15) is 5.60 Å². The molecule has 1 fully saturated rings. The zero-order valence-electron chi connectivity index (χ0n) is 10.8. The maximum atomic E-state index is 11.8. The van der Waals surface area contributed by atoms with Crippen LogP contribution in [0.5, 0.6) is 0 Å². The van der Waals surface area contributed by atoms with Crippen LogP contribution in [-0.4, -0.2) is 41.0 Å². The average Bonchev–Trinajstić information content (AvgIpc) is 2.33. The largest absolute Gasteiger partial charge is 0.381 e. The van der Waals surface area contributed by atoms with Gasteiger partial charge in [0.15, 0.2) is 5.78 Å². The summed E-state index contributed by atoms with van der Waals surface area (Å²) in [5, 5.41) is 9.90. The van der Waals surface area contributed by atoms with E-state index in [1.54, 1.807) is 6.92 Å². The Morgan fingerprint density at radius 2 is 2.06 bits per heavy atom. The molecule has 0 amide bonds. The Hall–Kier alpha value is -1.45. The third-order valence-electron chi connectivity index (χ3n) is 3.43. The first-order valence-corrected chi connectivity index (χ1v) is 6.18. The van der Waals surface area contributed by atoms with Crippen LogP contribution in [0, 0.1) is 0 Å². The highest BCUT2D eigenvalue weighted by atomic mass is 16.3. The van der Waals surface area contributed by atoms with Crippen LogP contribution in [0.2, 0.25) is 0 Å². The Morgan fingerprint density at radius 1 is 1.39 bits per heavy atom. The Kier molecular flexibility index (Phi) is 3.64. The minimum Gasteiger partial charge on any atom is -0.381 e. The molecule has 0 unspecified atom stereocenters. The molecule has 3 nitrogen and oxygen atoms in total. The highest BCUT2D eigenvalue weighted by Crippen LogP contribution is 2.22. The van der Waals surface area contributed by atoms with Gasteiger partial charge in [-0.2, -0.15) is 0 Å². The second-order valence-corrected chi connectivity index (χ2v) is 5.15. The number of likely N-dealkylation sites (N-methyl/N-ethyl adjacent to an activating group) is 1. The van der Waals surface area contributed by atoms with Gasteiger partial charge < -0.3 is 5.11 Å². The number of hydrogen-bond donors (Lipinski definition) is 1. The highest BCUT2D eigenvalue weighted by molar-refractivity contribution is 5.88. The van der Waals surface area contributed by atoms with E-state index in [0.29, 0.717) is 13.0 Å². The van der Waals surface area contributed by atoms with Crippen LogP contribution in [0.15, 0.2) is 36.4 Å². The fraction of sp³-hybridized carbons (Fsp3) is 0.400. The van der Waals surface area contributed by atoms with Crippen LogP contribution in [0.25, 0.3) is 6.08 Å². The first-order chi connectivity index (χ1) is 8.49. The normalized spacial score (nSPS) is 29.9. The Bertz CT molecular complexity index is 451. The van der Waals surface area contributed by atoms with Gasteiger partial charge in [0.2, 0.25) is 0 Å². The van der Waals surface area contributed by atoms with E-state index in [4.69, 9.17) is 0 Å². The van der Waals surface area contributed by atoms with Crippen molar-refractivity contribution in [2.24, 2.45) is 0 Å². The van der Waals surface area contributed by atoms with Gasteiger partial charge in [-0.15, -0.1) is 0 Å². The fourth-order valence-corrected chi connectivity index (χ4v) is 2.26. The quantitative estimate of drug-likeness (QED) is 0.862. The van der Waals surface area contributed by atoms with Gasteiger partial charge in [-0.3, -0.25) is 9.69 Å². The van der Waals surface area contributed by atoms with Gasteiger partial charge in [-0.25, -0.2) is 0 Å². The molecule has 0 aliphatic carbocycles. The Labute approximate surface area is 108 Å². The summed E-state index contributed by atoms with van der Waals surface area (Å²) >= 11 is 0. The van der Waals surface area contributed by atoms with E-state index < -0.39 is 5.60 Å². The summed E-state index contributed by atoms with van der Waals surface area (Å²) in [6.45, 7) is 1.97. The second-order valence-electron chi connectivity index (χ2n) is 5.15. The van der Waals surface area contributed by atoms with Gasteiger partial charge in [0.05, 0.1) is 0 Å². The van der Waals surface area contributed by atoms with E-state index in [0.717, 1.165) is 5.56 Å². The van der Waals surface area contributed by atoms with Crippen molar-refractivity contribution in [2.75, 3.05) is 13.6 Å². The van der Waals surface area contributed by atoms with Crippen molar-refractivity contribution >= 4 is 11.9 Å². The van der Waals surface area contributed by atoms with Crippen LogP contribution in [0.4, 0.5) is 0 Å². The molecule has 2 rings (SSSR count). The van der Waals surface area contributed by atoms with Gasteiger partial charge in [-0.05, 0) is 19.5 Å². The number of rotatable bonds is 2. The van der Waals surface area contributed by atoms with Gasteiger partial charge in [0.25, 0.3) is 0 Å². The van der Waals surface area contributed by atoms with Crippen molar-refractivity contribution < 1.29 is 9.90 Å². The smallest absolute Gasteiger partial charge is 0.167 e. The summed E-state index contributed by atoms with van der Waals surface area (Å²) in [4.78, 5) is 13.8. The summed E-state index contributed by atoms with van der Waals surface area (Å²) in [5.74, 6) is -0.0803. The summed E-state index contributed by atoms with van der Waals surface area (Å²) in [6, 6.07) is 10.1. The molecule has 1 aromatic carbocycles. The third-order valence-corrected chi connectivity index (χ3v) is 3.43. The standard InChI is InChI=1S/C15H19NO2/c1-15(18)11-16(2)13(10-14(15)17)9-8-12-6-4-3-5-7-12/h3-9,13,18H,10-11H2,1-2H3/b9-8+/t13-,15+/m0/s1. The monoisotopic (exact) mass is 245 g/mol. The predicted molar refractivity (Wildman–Crippen MR) is 72.1 cm³/mol. The van der Waals surface area contributed by atoms with E-state index in [1.807, 2.05) is 54.4 Å². The molecule has 1 aromatic rings. The van der Waals surface area contributed by atoms with Gasteiger partial charge in [0, 0.05) is 19.0 Å². The predicted octanol–water partition coefficient (Wildman–Crippen LogP) is 1.72. The molecule has 1 saturated heterocycles. The Morgan fingerprint density at radius 3 is 2.72 bits per heavy atom.